The van der Waals surface area contributed by atoms with Gasteiger partial charge in [0.25, 0.3) is 5.79 Å². The molecule has 1 aromatic heterocycles. The molecule has 0 spiro atoms. The van der Waals surface area contributed by atoms with Crippen LogP contribution in [0.25, 0.3) is 10.9 Å². The van der Waals surface area contributed by atoms with Crippen molar-refractivity contribution < 1.29 is 19.1 Å². The van der Waals surface area contributed by atoms with E-state index in [1.807, 2.05) is 61.7 Å². The molecule has 1 fully saturated rings. The van der Waals surface area contributed by atoms with Gasteiger partial charge in [0.15, 0.2) is 5.92 Å². The van der Waals surface area contributed by atoms with Gasteiger partial charge in [-0.15, -0.1) is 0 Å². The van der Waals surface area contributed by atoms with E-state index in [0.717, 1.165) is 27.6 Å². The van der Waals surface area contributed by atoms with E-state index in [2.05, 4.69) is 4.98 Å². The van der Waals surface area contributed by atoms with Crippen molar-refractivity contribution in [2.45, 2.75) is 32.5 Å². The number of cyclic esters (lactones) is 2. The van der Waals surface area contributed by atoms with Gasteiger partial charge >= 0.3 is 11.9 Å². The van der Waals surface area contributed by atoms with Gasteiger partial charge in [-0.3, -0.25) is 9.59 Å². The molecular weight excluding hydrogens is 342 g/mol. The lowest BCUT2D eigenvalue weighted by Gasteiger charge is -2.36. The number of carbonyl (C=O) groups excluding carboxylic acids is 2. The van der Waals surface area contributed by atoms with E-state index in [-0.39, 0.29) is 0 Å². The fourth-order valence-electron chi connectivity index (χ4n) is 3.81. The Labute approximate surface area is 157 Å². The van der Waals surface area contributed by atoms with Crippen LogP contribution in [0.1, 0.15) is 36.5 Å². The van der Waals surface area contributed by atoms with Gasteiger partial charge in [-0.1, -0.05) is 42.5 Å². The number of aromatic nitrogens is 1. The van der Waals surface area contributed by atoms with Gasteiger partial charge in [-0.2, -0.15) is 0 Å². The highest BCUT2D eigenvalue weighted by Crippen LogP contribution is 2.41. The van der Waals surface area contributed by atoms with Gasteiger partial charge in [-0.25, -0.2) is 0 Å². The van der Waals surface area contributed by atoms with E-state index in [1.54, 1.807) is 13.8 Å². The van der Waals surface area contributed by atoms with E-state index in [4.69, 9.17) is 9.47 Å². The largest absolute Gasteiger partial charge is 0.422 e. The predicted octanol–water partition coefficient (Wildman–Crippen LogP) is 4.06. The number of fused-ring (bicyclic) bond motifs is 1. The van der Waals surface area contributed by atoms with Crippen LogP contribution in [0.5, 0.6) is 0 Å². The normalized spacial score (nSPS) is 18.2. The number of carbonyl (C=O) groups is 2. The summed E-state index contributed by atoms with van der Waals surface area (Å²) in [7, 11) is 0. The number of benzene rings is 2. The number of hydrogen-bond donors (Lipinski definition) is 1. The Morgan fingerprint density at radius 2 is 1.56 bits per heavy atom. The molecule has 0 saturated carbocycles. The van der Waals surface area contributed by atoms with Crippen molar-refractivity contribution in [3.05, 3.63) is 71.4 Å². The zero-order valence-electron chi connectivity index (χ0n) is 15.5. The minimum atomic E-state index is -1.25. The molecule has 0 aliphatic carbocycles. The maximum atomic E-state index is 12.8. The molecule has 4 rings (SSSR count). The highest BCUT2D eigenvalue weighted by atomic mass is 16.7. The van der Waals surface area contributed by atoms with Gasteiger partial charge in [0, 0.05) is 36.9 Å². The Morgan fingerprint density at radius 3 is 2.26 bits per heavy atom. The molecule has 2 aromatic carbocycles. The third-order valence-electron chi connectivity index (χ3n) is 5.01. The number of aryl methyl sites for hydroxylation is 1. The summed E-state index contributed by atoms with van der Waals surface area (Å²) >= 11 is 0. The van der Waals surface area contributed by atoms with Gasteiger partial charge in [0.05, 0.1) is 0 Å². The van der Waals surface area contributed by atoms with Crippen molar-refractivity contribution in [1.29, 1.82) is 0 Å². The second kappa shape index (κ2) is 6.27. The van der Waals surface area contributed by atoms with Crippen LogP contribution in [0.3, 0.4) is 0 Å². The summed E-state index contributed by atoms with van der Waals surface area (Å²) in [4.78, 5) is 28.9. The third-order valence-corrected chi connectivity index (χ3v) is 5.01. The average molecular weight is 363 g/mol. The zero-order valence-corrected chi connectivity index (χ0v) is 15.5. The van der Waals surface area contributed by atoms with E-state index >= 15 is 0 Å². The van der Waals surface area contributed by atoms with Gasteiger partial charge in [0.1, 0.15) is 0 Å². The Kier molecular flexibility index (Phi) is 4.02. The fourth-order valence-corrected chi connectivity index (χ4v) is 3.81. The summed E-state index contributed by atoms with van der Waals surface area (Å²) in [5, 5.41) is 0.969. The number of rotatable bonds is 3. The summed E-state index contributed by atoms with van der Waals surface area (Å²) in [5.41, 5.74) is 3.72. The standard InChI is InChI=1S/C22H21NO4/c1-13-8-4-5-9-14(13)18(16-12-23-17-11-7-6-10-15(16)17)19-20(24)26-22(2,3)27-21(19)25/h4-12,18-19,23H,1-3H3. The molecule has 1 atom stereocenters. The van der Waals surface area contributed by atoms with Crippen LogP contribution in [-0.2, 0) is 19.1 Å². The zero-order chi connectivity index (χ0) is 19.2. The first-order valence-electron chi connectivity index (χ1n) is 8.94. The molecule has 5 nitrogen and oxygen atoms in total. The predicted molar refractivity (Wildman–Crippen MR) is 101 cm³/mol. The molecular formula is C22H21NO4. The van der Waals surface area contributed by atoms with Gasteiger partial charge < -0.3 is 14.5 Å². The molecule has 3 aromatic rings. The number of ether oxygens (including phenoxy) is 2. The van der Waals surface area contributed by atoms with Gasteiger partial charge in [-0.05, 0) is 29.7 Å². The highest BCUT2D eigenvalue weighted by molar-refractivity contribution is 5.99. The van der Waals surface area contributed by atoms with E-state index < -0.39 is 29.6 Å². The van der Waals surface area contributed by atoms with Crippen LogP contribution < -0.4 is 0 Å². The topological polar surface area (TPSA) is 68.4 Å². The van der Waals surface area contributed by atoms with Gasteiger partial charge in [0.2, 0.25) is 0 Å². The molecule has 5 heteroatoms. The molecule has 1 unspecified atom stereocenters. The highest BCUT2D eigenvalue weighted by Gasteiger charge is 2.48. The van der Waals surface area contributed by atoms with Crippen molar-refractivity contribution in [1.82, 2.24) is 4.98 Å². The first-order valence-corrected chi connectivity index (χ1v) is 8.94. The van der Waals surface area contributed by atoms with Crippen molar-refractivity contribution in [2.24, 2.45) is 5.92 Å². The van der Waals surface area contributed by atoms with Crippen molar-refractivity contribution in [3.63, 3.8) is 0 Å². The second-order valence-electron chi connectivity index (χ2n) is 7.34. The smallest absolute Gasteiger partial charge is 0.324 e. The molecule has 0 amide bonds. The third kappa shape index (κ3) is 2.99. The Morgan fingerprint density at radius 1 is 0.926 bits per heavy atom. The molecule has 138 valence electrons. The summed E-state index contributed by atoms with van der Waals surface area (Å²) in [5.74, 6) is -3.93. The first kappa shape index (κ1) is 17.3. The number of aromatic amines is 1. The number of hydrogen-bond acceptors (Lipinski definition) is 4. The van der Waals surface area contributed by atoms with Crippen molar-refractivity contribution in [2.75, 3.05) is 0 Å². The number of esters is 2. The number of H-pyrrole nitrogens is 1. The summed E-state index contributed by atoms with van der Waals surface area (Å²) in [6.45, 7) is 5.10. The number of nitrogens with one attached hydrogen (secondary N) is 1. The molecule has 1 saturated heterocycles. The maximum absolute atomic E-state index is 12.8. The monoisotopic (exact) mass is 363 g/mol. The minimum Gasteiger partial charge on any atom is -0.422 e. The average Bonchev–Trinajstić information content (AvgIpc) is 3.02. The fraction of sp³-hybridized carbons (Fsp3) is 0.273. The Balaban J connectivity index is 1.91. The Bertz CT molecular complexity index is 1010. The number of para-hydroxylation sites is 1. The molecule has 1 aliphatic heterocycles. The van der Waals surface area contributed by atoms with Crippen LogP contribution in [0, 0.1) is 12.8 Å². The Hall–Kier alpha value is -3.08. The van der Waals surface area contributed by atoms with Crippen LogP contribution in [0.15, 0.2) is 54.7 Å². The lowest BCUT2D eigenvalue weighted by atomic mass is 9.78. The van der Waals surface area contributed by atoms with E-state index in [0.29, 0.717) is 0 Å². The van der Waals surface area contributed by atoms with E-state index in [1.165, 1.54) is 0 Å². The van der Waals surface area contributed by atoms with Crippen LogP contribution in [-0.4, -0.2) is 22.7 Å². The second-order valence-corrected chi connectivity index (χ2v) is 7.34. The first-order chi connectivity index (χ1) is 12.9. The quantitative estimate of drug-likeness (QED) is 0.563. The molecule has 0 bridgehead atoms. The summed E-state index contributed by atoms with van der Waals surface area (Å²) in [6, 6.07) is 15.6. The van der Waals surface area contributed by atoms with Crippen LogP contribution in [0.2, 0.25) is 0 Å². The van der Waals surface area contributed by atoms with Crippen LogP contribution >= 0.6 is 0 Å². The molecule has 2 heterocycles. The molecule has 27 heavy (non-hydrogen) atoms. The molecule has 0 radical (unpaired) electrons. The minimum absolute atomic E-state index is 0.501. The summed E-state index contributed by atoms with van der Waals surface area (Å²) < 4.78 is 10.8. The van der Waals surface area contributed by atoms with Crippen LogP contribution in [0.4, 0.5) is 0 Å². The molecule has 1 aliphatic rings. The summed E-state index contributed by atoms with van der Waals surface area (Å²) in [6.07, 6.45) is 1.86. The van der Waals surface area contributed by atoms with E-state index in [9.17, 15) is 9.59 Å². The maximum Gasteiger partial charge on any atom is 0.324 e. The van der Waals surface area contributed by atoms with Crippen molar-refractivity contribution in [3.8, 4) is 0 Å². The molecule has 1 N–H and O–H groups in total. The SMILES string of the molecule is Cc1ccccc1C(c1c[nH]c2ccccc12)C1C(=O)OC(C)(C)OC1=O. The van der Waals surface area contributed by atoms with Crippen molar-refractivity contribution >= 4 is 22.8 Å². The lowest BCUT2D eigenvalue weighted by molar-refractivity contribution is -0.240. The lowest BCUT2D eigenvalue weighted by Crippen LogP contribution is -2.48.